The quantitative estimate of drug-likeness (QED) is 0.791. The lowest BCUT2D eigenvalue weighted by atomic mass is 10.1. The summed E-state index contributed by atoms with van der Waals surface area (Å²) in [5.74, 6) is 0. The van der Waals surface area contributed by atoms with Gasteiger partial charge in [0.25, 0.3) is 10.1 Å². The molecule has 1 heterocycles. The fourth-order valence-corrected chi connectivity index (χ4v) is 5.43. The Morgan fingerprint density at radius 1 is 1.17 bits per heavy atom. The molecule has 6 heteroatoms. The minimum atomic E-state index is -4.23. The van der Waals surface area contributed by atoms with Gasteiger partial charge in [0, 0.05) is 9.79 Å². The van der Waals surface area contributed by atoms with Crippen LogP contribution < -0.4 is 4.90 Å². The van der Waals surface area contributed by atoms with Gasteiger partial charge in [-0.3, -0.25) is 4.55 Å². The Morgan fingerprint density at radius 2 is 1.88 bits per heavy atom. The number of aryl methyl sites for hydroxylation is 3. The molecule has 1 aliphatic rings. The zero-order valence-electron chi connectivity index (χ0n) is 14.2. The van der Waals surface area contributed by atoms with Crippen LogP contribution >= 0.6 is 11.8 Å². The Labute approximate surface area is 147 Å². The van der Waals surface area contributed by atoms with E-state index in [2.05, 4.69) is 6.07 Å². The van der Waals surface area contributed by atoms with Gasteiger partial charge in [0.2, 0.25) is 0 Å². The van der Waals surface area contributed by atoms with Crippen LogP contribution in [0.1, 0.15) is 30.0 Å². The average molecular weight is 364 g/mol. The third kappa shape index (κ3) is 2.83. The maximum atomic E-state index is 12.1. The van der Waals surface area contributed by atoms with Crippen molar-refractivity contribution in [2.24, 2.45) is 0 Å². The molecule has 1 aliphatic heterocycles. The van der Waals surface area contributed by atoms with Crippen LogP contribution in [0, 0.1) is 20.8 Å². The maximum Gasteiger partial charge on any atom is 0.286 e. The van der Waals surface area contributed by atoms with Crippen LogP contribution in [-0.2, 0) is 10.1 Å². The van der Waals surface area contributed by atoms with Crippen LogP contribution in [0.2, 0.25) is 0 Å². The first-order chi connectivity index (χ1) is 11.2. The summed E-state index contributed by atoms with van der Waals surface area (Å²) in [6.07, 6.45) is 0.295. The number of hydrogen-bond acceptors (Lipinski definition) is 4. The Morgan fingerprint density at radius 3 is 2.50 bits per heavy atom. The molecule has 24 heavy (non-hydrogen) atoms. The average Bonchev–Trinajstić information content (AvgIpc) is 2.47. The van der Waals surface area contributed by atoms with Gasteiger partial charge in [-0.15, -0.1) is 0 Å². The first-order valence-electron chi connectivity index (χ1n) is 7.88. The van der Waals surface area contributed by atoms with Gasteiger partial charge in [0.05, 0.1) is 11.4 Å². The van der Waals surface area contributed by atoms with Crippen LogP contribution in [0.25, 0.3) is 0 Å². The third-order valence-corrected chi connectivity index (χ3v) is 6.81. The number of anilines is 2. The Hall–Kier alpha value is -1.50. The van der Waals surface area contributed by atoms with Gasteiger partial charge in [0.15, 0.2) is 5.37 Å². The van der Waals surface area contributed by atoms with Gasteiger partial charge in [-0.05, 0) is 56.0 Å². The molecule has 0 saturated carbocycles. The zero-order valence-corrected chi connectivity index (χ0v) is 15.8. The fourth-order valence-electron chi connectivity index (χ4n) is 3.32. The predicted octanol–water partition coefficient (Wildman–Crippen LogP) is 4.84. The SMILES string of the molecule is CCC(N1c2cc(C)cc(C)c2Sc2cccc(C)c21)S(=O)(=O)O. The number of nitrogens with zero attached hydrogens (tertiary/aromatic N) is 1. The predicted molar refractivity (Wildman–Crippen MR) is 99.0 cm³/mol. The largest absolute Gasteiger partial charge is 0.319 e. The second-order valence-electron chi connectivity index (χ2n) is 6.20. The molecule has 1 N–H and O–H groups in total. The number of fused-ring (bicyclic) bond motifs is 2. The Bertz CT molecular complexity index is 907. The van der Waals surface area contributed by atoms with Gasteiger partial charge in [-0.25, -0.2) is 0 Å². The monoisotopic (exact) mass is 363 g/mol. The summed E-state index contributed by atoms with van der Waals surface area (Å²) in [6, 6.07) is 10.0. The highest BCUT2D eigenvalue weighted by Gasteiger charge is 2.36. The van der Waals surface area contributed by atoms with E-state index in [1.54, 1.807) is 23.6 Å². The summed E-state index contributed by atoms with van der Waals surface area (Å²) >= 11 is 1.66. The molecular formula is C18H21NO3S2. The van der Waals surface area contributed by atoms with Crippen molar-refractivity contribution < 1.29 is 13.0 Å². The molecular weight excluding hydrogens is 342 g/mol. The molecule has 2 aromatic rings. The van der Waals surface area contributed by atoms with E-state index < -0.39 is 15.5 Å². The van der Waals surface area contributed by atoms with Crippen molar-refractivity contribution in [2.75, 3.05) is 4.90 Å². The molecule has 0 fully saturated rings. The number of hydrogen-bond donors (Lipinski definition) is 1. The molecule has 1 atom stereocenters. The molecule has 0 amide bonds. The van der Waals surface area contributed by atoms with Crippen molar-refractivity contribution in [1.82, 2.24) is 0 Å². The summed E-state index contributed by atoms with van der Waals surface area (Å²) in [6.45, 7) is 7.78. The standard InChI is InChI=1S/C18H21NO3S2/c1-5-16(24(20,21)22)19-14-10-11(2)9-13(4)18(14)23-15-8-6-7-12(3)17(15)19/h6-10,16H,5H2,1-4H3,(H,20,21,22). The molecule has 3 rings (SSSR count). The molecule has 128 valence electrons. The third-order valence-electron chi connectivity index (χ3n) is 4.29. The van der Waals surface area contributed by atoms with Crippen molar-refractivity contribution in [3.8, 4) is 0 Å². The molecule has 4 nitrogen and oxygen atoms in total. The first kappa shape index (κ1) is 17.3. The van der Waals surface area contributed by atoms with Gasteiger partial charge in [0.1, 0.15) is 0 Å². The number of para-hydroxylation sites is 1. The van der Waals surface area contributed by atoms with Crippen molar-refractivity contribution in [3.05, 3.63) is 47.0 Å². The lowest BCUT2D eigenvalue weighted by Gasteiger charge is -2.38. The highest BCUT2D eigenvalue weighted by molar-refractivity contribution is 7.99. The van der Waals surface area contributed by atoms with Gasteiger partial charge < -0.3 is 4.90 Å². The van der Waals surface area contributed by atoms with Crippen molar-refractivity contribution >= 4 is 33.3 Å². The minimum Gasteiger partial charge on any atom is -0.319 e. The molecule has 0 aliphatic carbocycles. The number of benzene rings is 2. The van der Waals surface area contributed by atoms with Crippen LogP contribution in [0.3, 0.4) is 0 Å². The van der Waals surface area contributed by atoms with Gasteiger partial charge in [-0.2, -0.15) is 8.42 Å². The molecule has 0 bridgehead atoms. The highest BCUT2D eigenvalue weighted by Crippen LogP contribution is 2.52. The van der Waals surface area contributed by atoms with Crippen LogP contribution in [0.5, 0.6) is 0 Å². The maximum absolute atomic E-state index is 12.1. The van der Waals surface area contributed by atoms with Crippen LogP contribution in [-0.4, -0.2) is 18.3 Å². The van der Waals surface area contributed by atoms with E-state index in [-0.39, 0.29) is 0 Å². The van der Waals surface area contributed by atoms with E-state index in [0.29, 0.717) is 6.42 Å². The zero-order chi connectivity index (χ0) is 17.6. The van der Waals surface area contributed by atoms with Crippen molar-refractivity contribution in [2.45, 2.75) is 49.3 Å². The normalized spacial score (nSPS) is 15.0. The molecule has 0 saturated heterocycles. The summed E-state index contributed by atoms with van der Waals surface area (Å²) < 4.78 is 34.0. The van der Waals surface area contributed by atoms with Crippen molar-refractivity contribution in [1.29, 1.82) is 0 Å². The van der Waals surface area contributed by atoms with Crippen LogP contribution in [0.15, 0.2) is 40.1 Å². The van der Waals surface area contributed by atoms with Gasteiger partial charge in [-0.1, -0.05) is 36.9 Å². The fraction of sp³-hybridized carbons (Fsp3) is 0.333. The van der Waals surface area contributed by atoms with E-state index in [9.17, 15) is 13.0 Å². The first-order valence-corrected chi connectivity index (χ1v) is 10.2. The molecule has 0 radical (unpaired) electrons. The molecule has 0 aromatic heterocycles. The smallest absolute Gasteiger partial charge is 0.286 e. The second-order valence-corrected chi connectivity index (χ2v) is 8.83. The van der Waals surface area contributed by atoms with E-state index in [1.807, 2.05) is 45.0 Å². The highest BCUT2D eigenvalue weighted by atomic mass is 32.2. The van der Waals surface area contributed by atoms with E-state index in [4.69, 9.17) is 0 Å². The molecule has 0 spiro atoms. The lowest BCUT2D eigenvalue weighted by molar-refractivity contribution is 0.464. The summed E-state index contributed by atoms with van der Waals surface area (Å²) in [5, 5.41) is -1.00. The van der Waals surface area contributed by atoms with E-state index in [0.717, 1.165) is 37.9 Å². The second kappa shape index (κ2) is 6.10. The molecule has 1 unspecified atom stereocenters. The summed E-state index contributed by atoms with van der Waals surface area (Å²) in [4.78, 5) is 3.85. The van der Waals surface area contributed by atoms with Gasteiger partial charge >= 0.3 is 0 Å². The molecule has 2 aromatic carbocycles. The topological polar surface area (TPSA) is 57.6 Å². The Balaban J connectivity index is 2.35. The Kier molecular flexibility index (Phi) is 4.40. The lowest BCUT2D eigenvalue weighted by Crippen LogP contribution is -2.39. The minimum absolute atomic E-state index is 0.295. The van der Waals surface area contributed by atoms with E-state index in [1.165, 1.54) is 0 Å². The summed E-state index contributed by atoms with van der Waals surface area (Å²) in [5.41, 5.74) is 4.89. The number of rotatable bonds is 3. The van der Waals surface area contributed by atoms with Crippen molar-refractivity contribution in [3.63, 3.8) is 0 Å². The van der Waals surface area contributed by atoms with E-state index >= 15 is 0 Å². The van der Waals surface area contributed by atoms with Crippen LogP contribution in [0.4, 0.5) is 11.4 Å². The summed E-state index contributed by atoms with van der Waals surface area (Å²) in [7, 11) is -4.23.